The first-order valence-corrected chi connectivity index (χ1v) is 7.35. The Morgan fingerprint density at radius 2 is 1.64 bits per heavy atom. The van der Waals surface area contributed by atoms with Crippen molar-refractivity contribution in [3.05, 3.63) is 54.6 Å². The van der Waals surface area contributed by atoms with Crippen LogP contribution in [-0.4, -0.2) is 19.4 Å². The van der Waals surface area contributed by atoms with E-state index in [9.17, 15) is 0 Å². The second-order valence-electron chi connectivity index (χ2n) is 5.07. The smallest absolute Gasteiger partial charge is 0.151 e. The summed E-state index contributed by atoms with van der Waals surface area (Å²) in [6, 6.07) is 17.2. The molecular weight excluding hydrogens is 278 g/mol. The van der Waals surface area contributed by atoms with Gasteiger partial charge in [-0.1, -0.05) is 43.3 Å². The first kappa shape index (κ1) is 15.9. The van der Waals surface area contributed by atoms with Crippen LogP contribution in [0.25, 0.3) is 0 Å². The molecule has 0 aromatic heterocycles. The average molecular weight is 299 g/mol. The van der Waals surface area contributed by atoms with Crippen LogP contribution in [0, 0.1) is 5.92 Å². The zero-order valence-electron chi connectivity index (χ0n) is 12.9. The molecule has 0 heterocycles. The van der Waals surface area contributed by atoms with E-state index in [1.165, 1.54) is 0 Å². The van der Waals surface area contributed by atoms with Crippen LogP contribution in [0.4, 0.5) is 0 Å². The third-order valence-corrected chi connectivity index (χ3v) is 2.66. The predicted octanol–water partition coefficient (Wildman–Crippen LogP) is 4.52. The number of rotatable bonds is 8. The molecule has 0 saturated heterocycles. The molecule has 2 aromatic rings. The minimum atomic E-state index is 0.382. The third kappa shape index (κ3) is 5.87. The van der Waals surface area contributed by atoms with E-state index in [0.29, 0.717) is 19.1 Å². The first-order valence-electron chi connectivity index (χ1n) is 7.35. The maximum atomic E-state index is 5.76. The number of para-hydroxylation sites is 1. The van der Waals surface area contributed by atoms with Crippen molar-refractivity contribution in [3.63, 3.8) is 0 Å². The summed E-state index contributed by atoms with van der Waals surface area (Å²) in [4.78, 5) is 5.11. The van der Waals surface area contributed by atoms with Crippen molar-refractivity contribution in [1.82, 2.24) is 0 Å². The fraction of sp³-hybridized carbons (Fsp3) is 0.278. The Bertz CT molecular complexity index is 582. The van der Waals surface area contributed by atoms with E-state index in [0.717, 1.165) is 17.2 Å². The van der Waals surface area contributed by atoms with Crippen LogP contribution >= 0.6 is 0 Å². The fourth-order valence-electron chi connectivity index (χ4n) is 1.67. The van der Waals surface area contributed by atoms with Crippen molar-refractivity contribution < 1.29 is 14.3 Å². The normalized spacial score (nSPS) is 10.9. The highest BCUT2D eigenvalue weighted by Crippen LogP contribution is 2.24. The van der Waals surface area contributed by atoms with E-state index in [4.69, 9.17) is 14.3 Å². The van der Waals surface area contributed by atoms with E-state index in [2.05, 4.69) is 5.16 Å². The topological polar surface area (TPSA) is 40.0 Å². The maximum absolute atomic E-state index is 5.76. The molecule has 0 unspecified atom stereocenters. The lowest BCUT2D eigenvalue weighted by Gasteiger charge is -2.09. The molecule has 116 valence electrons. The minimum absolute atomic E-state index is 0.382. The quantitative estimate of drug-likeness (QED) is 0.409. The van der Waals surface area contributed by atoms with E-state index in [1.54, 1.807) is 6.21 Å². The van der Waals surface area contributed by atoms with Crippen LogP contribution in [-0.2, 0) is 4.84 Å². The summed E-state index contributed by atoms with van der Waals surface area (Å²) >= 11 is 0. The van der Waals surface area contributed by atoms with Crippen molar-refractivity contribution in [2.24, 2.45) is 11.1 Å². The van der Waals surface area contributed by atoms with Crippen molar-refractivity contribution in [2.45, 2.75) is 13.8 Å². The molecule has 4 heteroatoms. The van der Waals surface area contributed by atoms with Gasteiger partial charge < -0.3 is 14.3 Å². The van der Waals surface area contributed by atoms with Gasteiger partial charge in [0.15, 0.2) is 6.61 Å². The number of hydrogen-bond donors (Lipinski definition) is 0. The molecule has 0 aliphatic rings. The van der Waals surface area contributed by atoms with Gasteiger partial charge in [0.2, 0.25) is 0 Å². The zero-order valence-corrected chi connectivity index (χ0v) is 12.9. The summed E-state index contributed by atoms with van der Waals surface area (Å²) < 4.78 is 11.4. The lowest BCUT2D eigenvalue weighted by Crippen LogP contribution is -2.04. The van der Waals surface area contributed by atoms with Crippen LogP contribution < -0.4 is 9.47 Å². The van der Waals surface area contributed by atoms with Gasteiger partial charge in [-0.05, 0) is 30.2 Å². The lowest BCUT2D eigenvalue weighted by atomic mass is 10.3. The Balaban J connectivity index is 1.79. The summed E-state index contributed by atoms with van der Waals surface area (Å²) in [7, 11) is 0. The third-order valence-electron chi connectivity index (χ3n) is 2.66. The van der Waals surface area contributed by atoms with Gasteiger partial charge in [-0.2, -0.15) is 0 Å². The lowest BCUT2D eigenvalue weighted by molar-refractivity contribution is 0.107. The SMILES string of the molecule is CC(C)/C=N/OCCOc1cccc(Oc2ccccc2)c1. The van der Waals surface area contributed by atoms with Crippen molar-refractivity contribution in [1.29, 1.82) is 0 Å². The second kappa shape index (κ2) is 8.72. The van der Waals surface area contributed by atoms with E-state index in [1.807, 2.05) is 68.4 Å². The molecule has 0 atom stereocenters. The minimum Gasteiger partial charge on any atom is -0.490 e. The highest BCUT2D eigenvalue weighted by atomic mass is 16.6. The number of ether oxygens (including phenoxy) is 2. The summed E-state index contributed by atoms with van der Waals surface area (Å²) in [6.45, 7) is 4.93. The standard InChI is InChI=1S/C18H21NO3/c1-15(2)14-19-21-12-11-20-17-9-6-10-18(13-17)22-16-7-4-3-5-8-16/h3-10,13-15H,11-12H2,1-2H3/b19-14+. The molecule has 2 rings (SSSR count). The Hall–Kier alpha value is -2.49. The molecule has 4 nitrogen and oxygen atoms in total. The number of benzene rings is 2. The fourth-order valence-corrected chi connectivity index (χ4v) is 1.67. The summed E-state index contributed by atoms with van der Waals surface area (Å²) in [5, 5.41) is 3.85. The van der Waals surface area contributed by atoms with Crippen LogP contribution in [0.2, 0.25) is 0 Å². The molecule has 0 N–H and O–H groups in total. The molecule has 0 amide bonds. The predicted molar refractivity (Wildman–Crippen MR) is 87.7 cm³/mol. The van der Waals surface area contributed by atoms with Crippen molar-refractivity contribution >= 4 is 6.21 Å². The van der Waals surface area contributed by atoms with Crippen LogP contribution in [0.3, 0.4) is 0 Å². The van der Waals surface area contributed by atoms with Crippen molar-refractivity contribution in [2.75, 3.05) is 13.2 Å². The Morgan fingerprint density at radius 3 is 2.41 bits per heavy atom. The zero-order chi connectivity index (χ0) is 15.6. The number of hydrogen-bond acceptors (Lipinski definition) is 4. The van der Waals surface area contributed by atoms with Gasteiger partial charge in [-0.3, -0.25) is 0 Å². The summed E-state index contributed by atoms with van der Waals surface area (Å²) in [6.07, 6.45) is 1.76. The van der Waals surface area contributed by atoms with Crippen LogP contribution in [0.5, 0.6) is 17.2 Å². The molecule has 0 fully saturated rings. The molecule has 0 radical (unpaired) electrons. The monoisotopic (exact) mass is 299 g/mol. The van der Waals surface area contributed by atoms with E-state index in [-0.39, 0.29) is 0 Å². The van der Waals surface area contributed by atoms with E-state index < -0.39 is 0 Å². The molecule has 0 saturated carbocycles. The van der Waals surface area contributed by atoms with Gasteiger partial charge in [-0.25, -0.2) is 0 Å². The Kier molecular flexibility index (Phi) is 6.30. The van der Waals surface area contributed by atoms with Gasteiger partial charge in [0.05, 0.1) is 0 Å². The molecule has 0 bridgehead atoms. The molecule has 2 aromatic carbocycles. The van der Waals surface area contributed by atoms with Gasteiger partial charge in [0.25, 0.3) is 0 Å². The molecular formula is C18H21NO3. The molecule has 22 heavy (non-hydrogen) atoms. The number of nitrogens with zero attached hydrogens (tertiary/aromatic N) is 1. The highest BCUT2D eigenvalue weighted by Gasteiger charge is 2.00. The molecule has 0 aliphatic carbocycles. The summed E-state index contributed by atoms with van der Waals surface area (Å²) in [5.74, 6) is 2.66. The van der Waals surface area contributed by atoms with Crippen LogP contribution in [0.1, 0.15) is 13.8 Å². The first-order chi connectivity index (χ1) is 10.7. The highest BCUT2D eigenvalue weighted by molar-refractivity contribution is 5.58. The van der Waals surface area contributed by atoms with Gasteiger partial charge in [0, 0.05) is 12.3 Å². The molecule has 0 spiro atoms. The van der Waals surface area contributed by atoms with Gasteiger partial charge in [0.1, 0.15) is 23.9 Å². The largest absolute Gasteiger partial charge is 0.490 e. The Morgan fingerprint density at radius 1 is 0.909 bits per heavy atom. The average Bonchev–Trinajstić information content (AvgIpc) is 2.52. The van der Waals surface area contributed by atoms with Gasteiger partial charge in [-0.15, -0.1) is 0 Å². The number of oxime groups is 1. The summed E-state index contributed by atoms with van der Waals surface area (Å²) in [5.41, 5.74) is 0. The Labute approximate surface area is 131 Å². The van der Waals surface area contributed by atoms with Crippen molar-refractivity contribution in [3.8, 4) is 17.2 Å². The van der Waals surface area contributed by atoms with Crippen LogP contribution in [0.15, 0.2) is 59.8 Å². The maximum Gasteiger partial charge on any atom is 0.151 e. The molecule has 0 aliphatic heterocycles. The van der Waals surface area contributed by atoms with Gasteiger partial charge >= 0.3 is 0 Å². The second-order valence-corrected chi connectivity index (χ2v) is 5.07. The van der Waals surface area contributed by atoms with E-state index >= 15 is 0 Å².